The number of allylic oxidation sites excluding steroid dienone is 1. The van der Waals surface area contributed by atoms with E-state index in [1.54, 1.807) is 0 Å². The molecule has 0 radical (unpaired) electrons. The number of aliphatic hydroxyl groups excluding tert-OH is 1. The largest absolute Gasteiger partial charge is 0.510 e. The second-order valence-corrected chi connectivity index (χ2v) is 8.35. The summed E-state index contributed by atoms with van der Waals surface area (Å²) >= 11 is 1.37. The molecule has 4 aromatic rings. The molecule has 0 fully saturated rings. The Balaban J connectivity index is 1.59. The Hall–Kier alpha value is -3.57. The van der Waals surface area contributed by atoms with Gasteiger partial charge in [0.05, 0.1) is 16.3 Å². The number of aliphatic hydroxyl groups is 1. The fourth-order valence-electron chi connectivity index (χ4n) is 3.35. The molecule has 7 nitrogen and oxygen atoms in total. The first-order chi connectivity index (χ1) is 15.1. The molecule has 2 heterocycles. The Morgan fingerprint density at radius 1 is 1.16 bits per heavy atom. The van der Waals surface area contributed by atoms with E-state index in [0.717, 1.165) is 22.4 Å². The van der Waals surface area contributed by atoms with Gasteiger partial charge < -0.3 is 14.7 Å². The van der Waals surface area contributed by atoms with Crippen molar-refractivity contribution in [1.29, 1.82) is 5.26 Å². The Kier molecular flexibility index (Phi) is 6.05. The molecule has 156 valence electrons. The molecule has 0 saturated carbocycles. The fraction of sp³-hybridized carbons (Fsp3) is 0.217. The predicted molar refractivity (Wildman–Crippen MR) is 122 cm³/mol. The molecule has 0 spiro atoms. The van der Waals surface area contributed by atoms with Crippen LogP contribution in [0.1, 0.15) is 31.1 Å². The van der Waals surface area contributed by atoms with Crippen LogP contribution in [-0.2, 0) is 13.0 Å². The number of nitrogens with zero attached hydrogens (tertiary/aromatic N) is 5. The Bertz CT molecular complexity index is 1240. The number of rotatable bonds is 7. The smallest absolute Gasteiger partial charge is 0.191 e. The summed E-state index contributed by atoms with van der Waals surface area (Å²) in [4.78, 5) is 7.55. The zero-order valence-corrected chi connectivity index (χ0v) is 18.1. The SMILES string of the molecule is CCn1c(Cc2ccccc2)nnc1SC(C)/C(O)=C(\C#N)c1nc2ccccc2[nH]1. The quantitative estimate of drug-likeness (QED) is 0.249. The van der Waals surface area contributed by atoms with Gasteiger partial charge in [0.2, 0.25) is 0 Å². The van der Waals surface area contributed by atoms with Crippen LogP contribution in [0.5, 0.6) is 0 Å². The maximum Gasteiger partial charge on any atom is 0.191 e. The van der Waals surface area contributed by atoms with Crippen molar-refractivity contribution in [3.63, 3.8) is 0 Å². The van der Waals surface area contributed by atoms with Crippen LogP contribution in [0.2, 0.25) is 0 Å². The lowest BCUT2D eigenvalue weighted by atomic mass is 10.1. The molecule has 0 amide bonds. The van der Waals surface area contributed by atoms with Crippen LogP contribution in [-0.4, -0.2) is 35.1 Å². The number of para-hydroxylation sites is 2. The summed E-state index contributed by atoms with van der Waals surface area (Å²) in [5.41, 5.74) is 2.85. The standard InChI is InChI=1S/C23H22N6OS/c1-3-29-20(13-16-9-5-4-6-10-16)27-28-23(29)31-15(2)21(30)17(14-24)22-25-18-11-7-8-12-19(18)26-22/h4-12,15,30H,3,13H2,1-2H3,(H,25,26)/b21-17-. The number of benzene rings is 2. The molecule has 0 saturated heterocycles. The Morgan fingerprint density at radius 3 is 2.61 bits per heavy atom. The molecule has 0 bridgehead atoms. The Morgan fingerprint density at radius 2 is 1.90 bits per heavy atom. The summed E-state index contributed by atoms with van der Waals surface area (Å²) in [5.74, 6) is 1.18. The monoisotopic (exact) mass is 430 g/mol. The van der Waals surface area contributed by atoms with E-state index >= 15 is 0 Å². The van der Waals surface area contributed by atoms with Crippen LogP contribution in [0.15, 0.2) is 65.5 Å². The zero-order chi connectivity index (χ0) is 21.8. The van der Waals surface area contributed by atoms with Gasteiger partial charge in [0.15, 0.2) is 11.0 Å². The highest BCUT2D eigenvalue weighted by molar-refractivity contribution is 7.99. The van der Waals surface area contributed by atoms with Crippen molar-refractivity contribution in [1.82, 2.24) is 24.7 Å². The first kappa shape index (κ1) is 20.7. The topological polar surface area (TPSA) is 103 Å². The predicted octanol–water partition coefficient (Wildman–Crippen LogP) is 4.74. The average molecular weight is 431 g/mol. The minimum atomic E-state index is -0.401. The van der Waals surface area contributed by atoms with E-state index in [-0.39, 0.29) is 11.3 Å². The van der Waals surface area contributed by atoms with Crippen LogP contribution in [0.3, 0.4) is 0 Å². The number of hydrogen-bond acceptors (Lipinski definition) is 6. The van der Waals surface area contributed by atoms with Gasteiger partial charge in [0, 0.05) is 13.0 Å². The van der Waals surface area contributed by atoms with Crippen molar-refractivity contribution < 1.29 is 5.11 Å². The van der Waals surface area contributed by atoms with Gasteiger partial charge in [0.1, 0.15) is 23.2 Å². The molecule has 0 aliphatic carbocycles. The normalized spacial score (nSPS) is 13.1. The molecular weight excluding hydrogens is 408 g/mol. The molecule has 4 rings (SSSR count). The number of aromatic nitrogens is 5. The summed E-state index contributed by atoms with van der Waals surface area (Å²) in [6.45, 7) is 4.59. The number of hydrogen-bond donors (Lipinski definition) is 2. The highest BCUT2D eigenvalue weighted by Crippen LogP contribution is 2.30. The van der Waals surface area contributed by atoms with Crippen LogP contribution in [0.25, 0.3) is 16.6 Å². The molecule has 0 aliphatic heterocycles. The van der Waals surface area contributed by atoms with E-state index in [9.17, 15) is 10.4 Å². The minimum Gasteiger partial charge on any atom is -0.510 e. The van der Waals surface area contributed by atoms with Crippen LogP contribution in [0, 0.1) is 11.3 Å². The third-order valence-electron chi connectivity index (χ3n) is 4.98. The highest BCUT2D eigenvalue weighted by Gasteiger charge is 2.22. The summed E-state index contributed by atoms with van der Waals surface area (Å²) in [5, 5.41) is 29.5. The number of imidazole rings is 1. The third kappa shape index (κ3) is 4.32. The van der Waals surface area contributed by atoms with Crippen molar-refractivity contribution in [2.75, 3.05) is 0 Å². The van der Waals surface area contributed by atoms with Gasteiger partial charge in [-0.2, -0.15) is 5.26 Å². The summed E-state index contributed by atoms with van der Waals surface area (Å²) in [7, 11) is 0. The molecule has 2 N–H and O–H groups in total. The second kappa shape index (κ2) is 9.06. The summed E-state index contributed by atoms with van der Waals surface area (Å²) in [6.07, 6.45) is 0.681. The van der Waals surface area contributed by atoms with E-state index in [4.69, 9.17) is 0 Å². The van der Waals surface area contributed by atoms with Crippen LogP contribution in [0.4, 0.5) is 0 Å². The van der Waals surface area contributed by atoms with E-state index in [2.05, 4.69) is 38.4 Å². The van der Waals surface area contributed by atoms with E-state index in [0.29, 0.717) is 23.9 Å². The molecule has 31 heavy (non-hydrogen) atoms. The Labute approximate surface area is 184 Å². The van der Waals surface area contributed by atoms with Crippen molar-refractivity contribution in [2.45, 2.75) is 37.2 Å². The van der Waals surface area contributed by atoms with Gasteiger partial charge >= 0.3 is 0 Å². The number of H-pyrrole nitrogens is 1. The molecule has 1 unspecified atom stereocenters. The van der Waals surface area contributed by atoms with Crippen LogP contribution < -0.4 is 0 Å². The lowest BCUT2D eigenvalue weighted by Gasteiger charge is -2.13. The third-order valence-corrected chi connectivity index (χ3v) is 6.07. The molecule has 0 aliphatic rings. The number of nitriles is 1. The average Bonchev–Trinajstić information content (AvgIpc) is 3.38. The second-order valence-electron chi connectivity index (χ2n) is 7.04. The van der Waals surface area contributed by atoms with Gasteiger partial charge in [-0.05, 0) is 31.5 Å². The van der Waals surface area contributed by atoms with Crippen molar-refractivity contribution in [3.8, 4) is 6.07 Å². The molecule has 8 heteroatoms. The maximum absolute atomic E-state index is 10.8. The number of nitrogens with one attached hydrogen (secondary N) is 1. The molecule has 1 atom stereocenters. The number of thioether (sulfide) groups is 1. The first-order valence-corrected chi connectivity index (χ1v) is 10.9. The summed E-state index contributed by atoms with van der Waals surface area (Å²) < 4.78 is 2.04. The molecule has 2 aromatic heterocycles. The highest BCUT2D eigenvalue weighted by atomic mass is 32.2. The molecule has 2 aromatic carbocycles. The minimum absolute atomic E-state index is 0.0400. The fourth-order valence-corrected chi connectivity index (χ4v) is 4.35. The number of fused-ring (bicyclic) bond motifs is 1. The van der Waals surface area contributed by atoms with E-state index < -0.39 is 5.25 Å². The lowest BCUT2D eigenvalue weighted by molar-refractivity contribution is 0.401. The van der Waals surface area contributed by atoms with E-state index in [1.807, 2.05) is 60.9 Å². The van der Waals surface area contributed by atoms with Crippen molar-refractivity contribution in [3.05, 3.63) is 77.6 Å². The number of aromatic amines is 1. The van der Waals surface area contributed by atoms with Gasteiger partial charge in [-0.1, -0.05) is 54.2 Å². The van der Waals surface area contributed by atoms with Crippen LogP contribution >= 0.6 is 11.8 Å². The van der Waals surface area contributed by atoms with Gasteiger partial charge in [-0.15, -0.1) is 10.2 Å². The van der Waals surface area contributed by atoms with Crippen molar-refractivity contribution >= 4 is 28.4 Å². The van der Waals surface area contributed by atoms with Crippen molar-refractivity contribution in [2.24, 2.45) is 0 Å². The van der Waals surface area contributed by atoms with E-state index in [1.165, 1.54) is 11.8 Å². The van der Waals surface area contributed by atoms with Gasteiger partial charge in [-0.25, -0.2) is 4.98 Å². The first-order valence-electron chi connectivity index (χ1n) is 10.0. The van der Waals surface area contributed by atoms with Gasteiger partial charge in [-0.3, -0.25) is 0 Å². The maximum atomic E-state index is 10.8. The lowest BCUT2D eigenvalue weighted by Crippen LogP contribution is -2.09. The summed E-state index contributed by atoms with van der Waals surface area (Å²) in [6, 6.07) is 19.7. The zero-order valence-electron chi connectivity index (χ0n) is 17.3. The molecular formula is C23H22N6OS. The van der Waals surface area contributed by atoms with Gasteiger partial charge in [0.25, 0.3) is 0 Å².